The molecule has 0 unspecified atom stereocenters. The van der Waals surface area contributed by atoms with Crippen LogP contribution in [-0.4, -0.2) is 22.5 Å². The zero-order valence-corrected chi connectivity index (χ0v) is 12.7. The second-order valence-electron chi connectivity index (χ2n) is 5.73. The third kappa shape index (κ3) is 3.20. The first-order valence-corrected chi connectivity index (χ1v) is 6.85. The Morgan fingerprint density at radius 3 is 2.40 bits per heavy atom. The summed E-state index contributed by atoms with van der Waals surface area (Å²) in [6.45, 7) is 4.22. The van der Waals surface area contributed by atoms with Crippen molar-refractivity contribution in [1.82, 2.24) is 9.78 Å². The molecule has 0 saturated carbocycles. The fraction of sp³-hybridized carbons (Fsp3) is 0.438. The molecule has 0 aliphatic rings. The first-order valence-electron chi connectivity index (χ1n) is 6.85. The van der Waals surface area contributed by atoms with Gasteiger partial charge in [0.15, 0.2) is 0 Å². The number of hydrogen-bond acceptors (Lipinski definition) is 3. The van der Waals surface area contributed by atoms with Crippen LogP contribution in [0.2, 0.25) is 0 Å². The molecule has 1 aromatic heterocycles. The van der Waals surface area contributed by atoms with Crippen molar-refractivity contribution in [3.05, 3.63) is 36.0 Å². The van der Waals surface area contributed by atoms with E-state index in [1.165, 1.54) is 5.56 Å². The number of anilines is 1. The van der Waals surface area contributed by atoms with E-state index in [0.29, 0.717) is 5.82 Å². The molecule has 0 spiro atoms. The van der Waals surface area contributed by atoms with Crippen molar-refractivity contribution >= 4 is 5.82 Å². The minimum Gasteiger partial charge on any atom is -0.383 e. The van der Waals surface area contributed by atoms with Crippen LogP contribution in [0.25, 0.3) is 11.1 Å². The van der Waals surface area contributed by atoms with Crippen molar-refractivity contribution in [2.45, 2.75) is 32.3 Å². The SMILES string of the molecule is COC(C)(C)CCc1ccc(-c2cnn(C)c2N)cc1. The molecule has 0 saturated heterocycles. The van der Waals surface area contributed by atoms with Crippen LogP contribution < -0.4 is 5.73 Å². The van der Waals surface area contributed by atoms with Gasteiger partial charge < -0.3 is 10.5 Å². The summed E-state index contributed by atoms with van der Waals surface area (Å²) in [4.78, 5) is 0. The lowest BCUT2D eigenvalue weighted by Crippen LogP contribution is -2.22. The summed E-state index contributed by atoms with van der Waals surface area (Å²) < 4.78 is 7.13. The number of benzene rings is 1. The summed E-state index contributed by atoms with van der Waals surface area (Å²) in [5.41, 5.74) is 9.31. The summed E-state index contributed by atoms with van der Waals surface area (Å²) >= 11 is 0. The second kappa shape index (κ2) is 5.67. The molecule has 4 nitrogen and oxygen atoms in total. The molecule has 0 aliphatic heterocycles. The van der Waals surface area contributed by atoms with Gasteiger partial charge in [-0.1, -0.05) is 24.3 Å². The molecule has 2 rings (SSSR count). The van der Waals surface area contributed by atoms with Crippen molar-refractivity contribution in [1.29, 1.82) is 0 Å². The van der Waals surface area contributed by atoms with Gasteiger partial charge in [0.1, 0.15) is 5.82 Å². The number of ether oxygens (including phenoxy) is 1. The van der Waals surface area contributed by atoms with E-state index in [9.17, 15) is 0 Å². The van der Waals surface area contributed by atoms with E-state index in [-0.39, 0.29) is 5.60 Å². The minimum absolute atomic E-state index is 0.0769. The predicted octanol–water partition coefficient (Wildman–Crippen LogP) is 3.03. The summed E-state index contributed by atoms with van der Waals surface area (Å²) in [7, 11) is 3.61. The summed E-state index contributed by atoms with van der Waals surface area (Å²) in [6, 6.07) is 8.49. The number of hydrogen-bond donors (Lipinski definition) is 1. The molecule has 0 bridgehead atoms. The third-order valence-corrected chi connectivity index (χ3v) is 3.82. The fourth-order valence-corrected chi connectivity index (χ4v) is 2.07. The highest BCUT2D eigenvalue weighted by Crippen LogP contribution is 2.26. The predicted molar refractivity (Wildman–Crippen MR) is 82.5 cm³/mol. The highest BCUT2D eigenvalue weighted by molar-refractivity contribution is 5.73. The van der Waals surface area contributed by atoms with Crippen LogP contribution in [-0.2, 0) is 18.2 Å². The average molecular weight is 273 g/mol. The molecule has 0 amide bonds. The quantitative estimate of drug-likeness (QED) is 0.911. The van der Waals surface area contributed by atoms with Crippen LogP contribution in [0.15, 0.2) is 30.5 Å². The number of nitrogens with zero attached hydrogens (tertiary/aromatic N) is 2. The van der Waals surface area contributed by atoms with Crippen LogP contribution in [0.5, 0.6) is 0 Å². The van der Waals surface area contributed by atoms with Crippen LogP contribution >= 0.6 is 0 Å². The molecule has 0 radical (unpaired) electrons. The van der Waals surface area contributed by atoms with E-state index in [1.54, 1.807) is 18.0 Å². The number of nitrogens with two attached hydrogens (primary N) is 1. The van der Waals surface area contributed by atoms with Crippen molar-refractivity contribution < 1.29 is 4.74 Å². The highest BCUT2D eigenvalue weighted by atomic mass is 16.5. The van der Waals surface area contributed by atoms with Crippen LogP contribution in [0.4, 0.5) is 5.82 Å². The number of aromatic nitrogens is 2. The normalized spacial score (nSPS) is 11.8. The molecule has 1 heterocycles. The van der Waals surface area contributed by atoms with Gasteiger partial charge in [-0.05, 0) is 37.8 Å². The minimum atomic E-state index is -0.0769. The highest BCUT2D eigenvalue weighted by Gasteiger charge is 2.15. The summed E-state index contributed by atoms with van der Waals surface area (Å²) in [5.74, 6) is 0.693. The van der Waals surface area contributed by atoms with Crippen LogP contribution in [0.1, 0.15) is 25.8 Å². The number of nitrogen functional groups attached to an aromatic ring is 1. The molecule has 0 fully saturated rings. The largest absolute Gasteiger partial charge is 0.383 e. The topological polar surface area (TPSA) is 53.1 Å². The van der Waals surface area contributed by atoms with Crippen molar-refractivity contribution in [3.8, 4) is 11.1 Å². The van der Waals surface area contributed by atoms with Gasteiger partial charge in [0, 0.05) is 19.7 Å². The average Bonchev–Trinajstić information content (AvgIpc) is 2.78. The van der Waals surface area contributed by atoms with Gasteiger partial charge in [-0.3, -0.25) is 4.68 Å². The fourth-order valence-electron chi connectivity index (χ4n) is 2.07. The lowest BCUT2D eigenvalue weighted by molar-refractivity contribution is 0.0158. The van der Waals surface area contributed by atoms with E-state index in [4.69, 9.17) is 10.5 Å². The lowest BCUT2D eigenvalue weighted by atomic mass is 9.97. The third-order valence-electron chi connectivity index (χ3n) is 3.82. The van der Waals surface area contributed by atoms with Gasteiger partial charge in [-0.15, -0.1) is 0 Å². The van der Waals surface area contributed by atoms with Gasteiger partial charge in [-0.25, -0.2) is 0 Å². The molecule has 0 atom stereocenters. The molecule has 108 valence electrons. The molecular weight excluding hydrogens is 250 g/mol. The second-order valence-corrected chi connectivity index (χ2v) is 5.73. The van der Waals surface area contributed by atoms with E-state index < -0.39 is 0 Å². The standard InChI is InChI=1S/C16H23N3O/c1-16(2,20-4)10-9-12-5-7-13(8-6-12)14-11-18-19(3)15(14)17/h5-8,11H,9-10,17H2,1-4H3. The molecule has 2 N–H and O–H groups in total. The molecule has 20 heavy (non-hydrogen) atoms. The van der Waals surface area contributed by atoms with Gasteiger partial charge in [0.05, 0.1) is 11.8 Å². The zero-order chi connectivity index (χ0) is 14.8. The number of rotatable bonds is 5. The van der Waals surface area contributed by atoms with Crippen LogP contribution in [0, 0.1) is 0 Å². The Hall–Kier alpha value is -1.81. The first kappa shape index (κ1) is 14.6. The number of methoxy groups -OCH3 is 1. The Kier molecular flexibility index (Phi) is 4.14. The maximum absolute atomic E-state index is 5.99. The van der Waals surface area contributed by atoms with Crippen molar-refractivity contribution in [3.63, 3.8) is 0 Å². The maximum atomic E-state index is 5.99. The van der Waals surface area contributed by atoms with Gasteiger partial charge >= 0.3 is 0 Å². The van der Waals surface area contributed by atoms with Gasteiger partial charge in [0.2, 0.25) is 0 Å². The Balaban J connectivity index is 2.09. The molecule has 4 heteroatoms. The van der Waals surface area contributed by atoms with Crippen LogP contribution in [0.3, 0.4) is 0 Å². The Morgan fingerprint density at radius 2 is 1.90 bits per heavy atom. The molecule has 2 aromatic rings. The smallest absolute Gasteiger partial charge is 0.129 e. The Morgan fingerprint density at radius 1 is 1.25 bits per heavy atom. The molecule has 1 aromatic carbocycles. The molecule has 0 aliphatic carbocycles. The van der Waals surface area contributed by atoms with Crippen molar-refractivity contribution in [2.75, 3.05) is 12.8 Å². The van der Waals surface area contributed by atoms with Gasteiger partial charge in [-0.2, -0.15) is 5.10 Å². The first-order chi connectivity index (χ1) is 9.43. The Labute approximate surface area is 120 Å². The molecular formula is C16H23N3O. The van der Waals surface area contributed by atoms with Gasteiger partial charge in [0.25, 0.3) is 0 Å². The van der Waals surface area contributed by atoms with Crippen molar-refractivity contribution in [2.24, 2.45) is 7.05 Å². The summed E-state index contributed by atoms with van der Waals surface area (Å²) in [6.07, 6.45) is 3.81. The number of aryl methyl sites for hydroxylation is 2. The van der Waals surface area contributed by atoms with E-state index in [1.807, 2.05) is 7.05 Å². The maximum Gasteiger partial charge on any atom is 0.129 e. The van der Waals surface area contributed by atoms with E-state index in [0.717, 1.165) is 24.0 Å². The van der Waals surface area contributed by atoms with E-state index >= 15 is 0 Å². The zero-order valence-electron chi connectivity index (χ0n) is 12.7. The van der Waals surface area contributed by atoms with E-state index in [2.05, 4.69) is 43.2 Å². The summed E-state index contributed by atoms with van der Waals surface area (Å²) in [5, 5.41) is 4.17. The lowest BCUT2D eigenvalue weighted by Gasteiger charge is -2.22. The Bertz CT molecular complexity index is 570. The monoisotopic (exact) mass is 273 g/mol.